The van der Waals surface area contributed by atoms with Crippen molar-refractivity contribution in [2.45, 2.75) is 25.0 Å². The minimum atomic E-state index is -1.10. The molecular formula is C20H22O5. The maximum absolute atomic E-state index is 12.2. The van der Waals surface area contributed by atoms with Crippen molar-refractivity contribution in [2.24, 2.45) is 5.92 Å². The molecule has 25 heavy (non-hydrogen) atoms. The summed E-state index contributed by atoms with van der Waals surface area (Å²) >= 11 is 0. The van der Waals surface area contributed by atoms with Gasteiger partial charge in [-0.15, -0.1) is 13.2 Å². The molecule has 1 heterocycles. The molecule has 0 radical (unpaired) electrons. The maximum atomic E-state index is 12.2. The molecule has 2 atom stereocenters. The minimum Gasteiger partial charge on any atom is -0.493 e. The molecular weight excluding hydrogens is 320 g/mol. The summed E-state index contributed by atoms with van der Waals surface area (Å²) in [7, 11) is 1.59. The average molecular weight is 342 g/mol. The summed E-state index contributed by atoms with van der Waals surface area (Å²) in [5.74, 6) is 0.213. The Balaban J connectivity index is 1.92. The second-order valence-corrected chi connectivity index (χ2v) is 6.08. The fraction of sp³-hybridized carbons (Fsp3) is 0.350. The van der Waals surface area contributed by atoms with Crippen molar-refractivity contribution in [1.82, 2.24) is 0 Å². The molecule has 0 spiro atoms. The van der Waals surface area contributed by atoms with E-state index >= 15 is 0 Å². The third-order valence-electron chi connectivity index (χ3n) is 4.41. The quantitative estimate of drug-likeness (QED) is 0.709. The van der Waals surface area contributed by atoms with Crippen molar-refractivity contribution in [3.05, 3.63) is 60.9 Å². The molecule has 0 unspecified atom stereocenters. The fourth-order valence-corrected chi connectivity index (χ4v) is 3.14. The Hall–Kier alpha value is -2.53. The molecule has 0 bridgehead atoms. The van der Waals surface area contributed by atoms with Gasteiger partial charge in [0.2, 0.25) is 0 Å². The van der Waals surface area contributed by atoms with Crippen molar-refractivity contribution in [3.8, 4) is 11.5 Å². The molecule has 1 aliphatic carbocycles. The van der Waals surface area contributed by atoms with Gasteiger partial charge in [-0.1, -0.05) is 18.2 Å². The lowest BCUT2D eigenvalue weighted by atomic mass is 9.85. The Morgan fingerprint density at radius 2 is 2.16 bits per heavy atom. The van der Waals surface area contributed by atoms with Crippen LogP contribution in [-0.4, -0.2) is 25.5 Å². The summed E-state index contributed by atoms with van der Waals surface area (Å²) in [6, 6.07) is 5.69. The molecule has 1 fully saturated rings. The summed E-state index contributed by atoms with van der Waals surface area (Å²) < 4.78 is 22.9. The van der Waals surface area contributed by atoms with Gasteiger partial charge in [0.15, 0.2) is 29.8 Å². The largest absolute Gasteiger partial charge is 0.493 e. The third kappa shape index (κ3) is 3.33. The van der Waals surface area contributed by atoms with Crippen LogP contribution in [0.5, 0.6) is 11.5 Å². The number of methoxy groups -OCH3 is 1. The lowest BCUT2D eigenvalue weighted by Crippen LogP contribution is -2.43. The average Bonchev–Trinajstić information content (AvgIpc) is 2.99. The van der Waals surface area contributed by atoms with Gasteiger partial charge < -0.3 is 14.2 Å². The zero-order valence-corrected chi connectivity index (χ0v) is 14.3. The Morgan fingerprint density at radius 3 is 2.88 bits per heavy atom. The number of hydrogen-bond acceptors (Lipinski definition) is 5. The SMILES string of the molecule is C=CCc1ccc(O[C@]23C[C@@H](CC=C)C(=O)C=C2OCO3)c(OC)c1. The van der Waals surface area contributed by atoms with Gasteiger partial charge in [0.1, 0.15) is 0 Å². The Morgan fingerprint density at radius 1 is 1.32 bits per heavy atom. The molecule has 3 rings (SSSR count). The van der Waals surface area contributed by atoms with E-state index in [1.165, 1.54) is 6.08 Å². The van der Waals surface area contributed by atoms with Gasteiger partial charge in [0, 0.05) is 18.4 Å². The number of ether oxygens (including phenoxy) is 4. The van der Waals surface area contributed by atoms with E-state index in [2.05, 4.69) is 13.2 Å². The van der Waals surface area contributed by atoms with Gasteiger partial charge in [0.05, 0.1) is 7.11 Å². The highest BCUT2D eigenvalue weighted by molar-refractivity contribution is 5.93. The minimum absolute atomic E-state index is 0.00733. The van der Waals surface area contributed by atoms with E-state index in [-0.39, 0.29) is 18.5 Å². The number of carbonyl (C=O) groups excluding carboxylic acids is 1. The smallest absolute Gasteiger partial charge is 0.273 e. The number of hydrogen-bond donors (Lipinski definition) is 0. The van der Waals surface area contributed by atoms with Gasteiger partial charge in [-0.3, -0.25) is 9.53 Å². The number of ketones is 1. The molecule has 132 valence electrons. The molecule has 2 aliphatic rings. The summed E-state index contributed by atoms with van der Waals surface area (Å²) in [6.45, 7) is 7.52. The van der Waals surface area contributed by atoms with Crippen molar-refractivity contribution < 1.29 is 23.7 Å². The molecule has 1 aliphatic heterocycles. The Labute approximate surface area is 147 Å². The highest BCUT2D eigenvalue weighted by atomic mass is 16.8. The number of carbonyl (C=O) groups is 1. The zero-order chi connectivity index (χ0) is 17.9. The highest BCUT2D eigenvalue weighted by Gasteiger charge is 2.51. The van der Waals surface area contributed by atoms with Gasteiger partial charge in [-0.2, -0.15) is 0 Å². The molecule has 1 saturated heterocycles. The van der Waals surface area contributed by atoms with E-state index in [9.17, 15) is 4.79 Å². The lowest BCUT2D eigenvalue weighted by molar-refractivity contribution is -0.153. The van der Waals surface area contributed by atoms with Crippen molar-refractivity contribution in [3.63, 3.8) is 0 Å². The second-order valence-electron chi connectivity index (χ2n) is 6.08. The second kappa shape index (κ2) is 7.15. The standard InChI is InChI=1S/C20H22O5/c1-4-6-14-8-9-17(18(10-14)22-3)25-20-12-15(7-5-2)16(21)11-19(20)23-13-24-20/h4-5,8-11,15H,1-2,6-7,12-13H2,3H3/t15-,20-/m1/s1. The normalized spacial score (nSPS) is 24.8. The highest BCUT2D eigenvalue weighted by Crippen LogP contribution is 2.44. The van der Waals surface area contributed by atoms with Crippen LogP contribution < -0.4 is 9.47 Å². The molecule has 0 amide bonds. The van der Waals surface area contributed by atoms with E-state index in [4.69, 9.17) is 18.9 Å². The molecule has 0 N–H and O–H groups in total. The van der Waals surface area contributed by atoms with Crippen LogP contribution in [0.15, 0.2) is 55.3 Å². The van der Waals surface area contributed by atoms with E-state index < -0.39 is 5.79 Å². The van der Waals surface area contributed by atoms with E-state index in [0.29, 0.717) is 30.1 Å². The van der Waals surface area contributed by atoms with Crippen LogP contribution in [0.25, 0.3) is 0 Å². The van der Waals surface area contributed by atoms with E-state index in [1.807, 2.05) is 24.3 Å². The van der Waals surface area contributed by atoms with Gasteiger partial charge in [0.25, 0.3) is 5.79 Å². The molecule has 0 aromatic heterocycles. The first-order valence-electron chi connectivity index (χ1n) is 8.22. The summed E-state index contributed by atoms with van der Waals surface area (Å²) in [5.41, 5.74) is 1.07. The van der Waals surface area contributed by atoms with Crippen molar-refractivity contribution in [2.75, 3.05) is 13.9 Å². The summed E-state index contributed by atoms with van der Waals surface area (Å²) in [6.07, 6.45) is 6.71. The van der Waals surface area contributed by atoms with Crippen LogP contribution in [0, 0.1) is 5.92 Å². The van der Waals surface area contributed by atoms with Crippen LogP contribution in [0.2, 0.25) is 0 Å². The molecule has 5 nitrogen and oxygen atoms in total. The van der Waals surface area contributed by atoms with Crippen LogP contribution in [0.3, 0.4) is 0 Å². The summed E-state index contributed by atoms with van der Waals surface area (Å²) in [4.78, 5) is 12.2. The van der Waals surface area contributed by atoms with Gasteiger partial charge in [-0.25, -0.2) is 0 Å². The van der Waals surface area contributed by atoms with Gasteiger partial charge >= 0.3 is 0 Å². The predicted molar refractivity (Wildman–Crippen MR) is 93.3 cm³/mol. The molecule has 5 heteroatoms. The Kier molecular flexibility index (Phi) is 4.95. The summed E-state index contributed by atoms with van der Waals surface area (Å²) in [5, 5.41) is 0. The number of allylic oxidation sites excluding steroid dienone is 3. The lowest BCUT2D eigenvalue weighted by Gasteiger charge is -2.34. The number of benzene rings is 1. The predicted octanol–water partition coefficient (Wildman–Crippen LogP) is 3.55. The van der Waals surface area contributed by atoms with E-state index in [1.54, 1.807) is 13.2 Å². The topological polar surface area (TPSA) is 54.0 Å². The first-order chi connectivity index (χ1) is 12.1. The first-order valence-corrected chi connectivity index (χ1v) is 8.22. The molecule has 0 saturated carbocycles. The third-order valence-corrected chi connectivity index (χ3v) is 4.41. The van der Waals surface area contributed by atoms with Crippen LogP contribution in [0.1, 0.15) is 18.4 Å². The van der Waals surface area contributed by atoms with Crippen LogP contribution >= 0.6 is 0 Å². The number of rotatable bonds is 7. The number of fused-ring (bicyclic) bond motifs is 1. The maximum Gasteiger partial charge on any atom is 0.273 e. The van der Waals surface area contributed by atoms with Crippen molar-refractivity contribution in [1.29, 1.82) is 0 Å². The zero-order valence-electron chi connectivity index (χ0n) is 14.3. The Bertz CT molecular complexity index is 721. The van der Waals surface area contributed by atoms with Crippen LogP contribution in [0.4, 0.5) is 0 Å². The van der Waals surface area contributed by atoms with Crippen molar-refractivity contribution >= 4 is 5.78 Å². The molecule has 1 aromatic carbocycles. The first kappa shape index (κ1) is 17.3. The molecule has 1 aromatic rings. The fourth-order valence-electron chi connectivity index (χ4n) is 3.14. The monoisotopic (exact) mass is 342 g/mol. The van der Waals surface area contributed by atoms with E-state index in [0.717, 1.165) is 12.0 Å². The van der Waals surface area contributed by atoms with Crippen LogP contribution in [-0.2, 0) is 20.7 Å². The van der Waals surface area contributed by atoms with Gasteiger partial charge in [-0.05, 0) is 30.5 Å².